The van der Waals surface area contributed by atoms with E-state index in [9.17, 15) is 0 Å². The third kappa shape index (κ3) is 1.65. The van der Waals surface area contributed by atoms with Crippen LogP contribution in [0.25, 0.3) is 21.9 Å². The summed E-state index contributed by atoms with van der Waals surface area (Å²) < 4.78 is 0. The number of aromatic nitrogens is 4. The van der Waals surface area contributed by atoms with E-state index in [0.29, 0.717) is 16.5 Å². The second-order valence-electron chi connectivity index (χ2n) is 4.01. The molecule has 0 spiro atoms. The average molecular weight is 257 g/mol. The third-order valence-electron chi connectivity index (χ3n) is 2.74. The van der Waals surface area contributed by atoms with E-state index in [4.69, 9.17) is 5.73 Å². The molecule has 2 heterocycles. The van der Waals surface area contributed by atoms with Gasteiger partial charge >= 0.3 is 0 Å². The molecule has 90 valence electrons. The van der Waals surface area contributed by atoms with Crippen LogP contribution in [0.15, 0.2) is 23.4 Å². The minimum absolute atomic E-state index is 0.374. The number of rotatable bonds is 1. The molecule has 0 atom stereocenters. The van der Waals surface area contributed by atoms with Crippen molar-refractivity contribution < 1.29 is 0 Å². The second-order valence-corrected chi connectivity index (χ2v) is 4.79. The number of hydrogen-bond donors (Lipinski definition) is 1. The van der Waals surface area contributed by atoms with E-state index < -0.39 is 0 Å². The fraction of sp³-hybridized carbons (Fsp3) is 0.167. The molecule has 18 heavy (non-hydrogen) atoms. The molecule has 3 rings (SSSR count). The molecular formula is C12H11N5S. The normalized spacial score (nSPS) is 11.2. The van der Waals surface area contributed by atoms with E-state index in [2.05, 4.69) is 20.2 Å². The SMILES string of the molecule is CSc1nc(N)c2nnc3cc(C)ccc3c2n1. The Kier molecular flexibility index (Phi) is 2.52. The van der Waals surface area contributed by atoms with Crippen molar-refractivity contribution in [3.63, 3.8) is 0 Å². The Morgan fingerprint density at radius 1 is 1.11 bits per heavy atom. The highest BCUT2D eigenvalue weighted by atomic mass is 32.2. The van der Waals surface area contributed by atoms with Gasteiger partial charge in [0.1, 0.15) is 5.52 Å². The first-order valence-electron chi connectivity index (χ1n) is 5.43. The number of nitrogens with two attached hydrogens (primary N) is 1. The number of anilines is 1. The summed E-state index contributed by atoms with van der Waals surface area (Å²) in [6.07, 6.45) is 1.92. The summed E-state index contributed by atoms with van der Waals surface area (Å²) >= 11 is 1.46. The Labute approximate surface area is 108 Å². The van der Waals surface area contributed by atoms with Gasteiger partial charge in [0.2, 0.25) is 0 Å². The zero-order valence-electron chi connectivity index (χ0n) is 10.0. The molecule has 6 heteroatoms. The zero-order chi connectivity index (χ0) is 12.7. The van der Waals surface area contributed by atoms with Crippen LogP contribution in [-0.4, -0.2) is 26.4 Å². The Morgan fingerprint density at radius 3 is 2.72 bits per heavy atom. The Hall–Kier alpha value is -1.95. The van der Waals surface area contributed by atoms with Gasteiger partial charge in [-0.1, -0.05) is 23.9 Å². The summed E-state index contributed by atoms with van der Waals surface area (Å²) in [6.45, 7) is 2.02. The van der Waals surface area contributed by atoms with Crippen LogP contribution < -0.4 is 5.73 Å². The molecule has 0 saturated carbocycles. The van der Waals surface area contributed by atoms with Gasteiger partial charge < -0.3 is 5.73 Å². The molecule has 0 aliphatic heterocycles. The summed E-state index contributed by atoms with van der Waals surface area (Å²) in [4.78, 5) is 8.65. The van der Waals surface area contributed by atoms with Gasteiger partial charge in [-0.3, -0.25) is 0 Å². The van der Waals surface area contributed by atoms with Gasteiger partial charge in [-0.2, -0.15) is 0 Å². The molecule has 0 radical (unpaired) electrons. The lowest BCUT2D eigenvalue weighted by Crippen LogP contribution is -2.00. The van der Waals surface area contributed by atoms with Crippen molar-refractivity contribution in [1.82, 2.24) is 20.2 Å². The van der Waals surface area contributed by atoms with Gasteiger partial charge in [0.05, 0.1) is 5.52 Å². The molecule has 2 N–H and O–H groups in total. The van der Waals surface area contributed by atoms with Crippen LogP contribution in [0.2, 0.25) is 0 Å². The van der Waals surface area contributed by atoms with Crippen LogP contribution in [0.1, 0.15) is 5.56 Å². The Bertz CT molecular complexity index is 756. The van der Waals surface area contributed by atoms with Crippen molar-refractivity contribution >= 4 is 39.5 Å². The van der Waals surface area contributed by atoms with Gasteiger partial charge in [-0.15, -0.1) is 10.2 Å². The maximum absolute atomic E-state index is 5.89. The molecule has 0 amide bonds. The van der Waals surface area contributed by atoms with Gasteiger partial charge in [0, 0.05) is 5.39 Å². The highest BCUT2D eigenvalue weighted by Crippen LogP contribution is 2.25. The van der Waals surface area contributed by atoms with Crippen LogP contribution in [-0.2, 0) is 0 Å². The molecule has 2 aromatic heterocycles. The maximum atomic E-state index is 5.89. The van der Waals surface area contributed by atoms with Crippen LogP contribution in [0, 0.1) is 6.92 Å². The lowest BCUT2D eigenvalue weighted by atomic mass is 10.1. The van der Waals surface area contributed by atoms with Gasteiger partial charge in [0.25, 0.3) is 0 Å². The number of nitrogen functional groups attached to an aromatic ring is 1. The first kappa shape index (κ1) is 11.2. The number of benzene rings is 1. The summed E-state index contributed by atoms with van der Waals surface area (Å²) in [5.74, 6) is 0.374. The topological polar surface area (TPSA) is 77.6 Å². The largest absolute Gasteiger partial charge is 0.382 e. The van der Waals surface area contributed by atoms with Crippen molar-refractivity contribution in [3.8, 4) is 0 Å². The first-order chi connectivity index (χ1) is 8.69. The quantitative estimate of drug-likeness (QED) is 0.409. The van der Waals surface area contributed by atoms with Crippen molar-refractivity contribution in [3.05, 3.63) is 23.8 Å². The summed E-state index contributed by atoms with van der Waals surface area (Å²) in [7, 11) is 0. The smallest absolute Gasteiger partial charge is 0.189 e. The van der Waals surface area contributed by atoms with E-state index in [-0.39, 0.29) is 0 Å². The highest BCUT2D eigenvalue weighted by molar-refractivity contribution is 7.98. The molecule has 0 aliphatic rings. The van der Waals surface area contributed by atoms with E-state index >= 15 is 0 Å². The van der Waals surface area contributed by atoms with E-state index in [0.717, 1.165) is 22.0 Å². The fourth-order valence-corrected chi connectivity index (χ4v) is 2.23. The van der Waals surface area contributed by atoms with Crippen molar-refractivity contribution in [2.24, 2.45) is 0 Å². The second kappa shape index (κ2) is 4.06. The molecule has 3 aromatic rings. The van der Waals surface area contributed by atoms with Gasteiger partial charge in [0.15, 0.2) is 16.5 Å². The lowest BCUT2D eigenvalue weighted by Gasteiger charge is -2.05. The minimum atomic E-state index is 0.374. The first-order valence-corrected chi connectivity index (χ1v) is 6.66. The van der Waals surface area contributed by atoms with E-state index in [1.54, 1.807) is 0 Å². The standard InChI is InChI=1S/C12H11N5S/c1-6-3-4-7-8(5-6)16-17-10-9(7)14-12(18-2)15-11(10)13/h3-5H,1-2H3,(H2,13,14,15). The molecule has 5 nitrogen and oxygen atoms in total. The van der Waals surface area contributed by atoms with Crippen LogP contribution in [0.5, 0.6) is 0 Å². The van der Waals surface area contributed by atoms with Crippen LogP contribution in [0.4, 0.5) is 5.82 Å². The predicted octanol–water partition coefficient (Wildman–Crippen LogP) is 2.19. The Balaban J connectivity index is 2.48. The molecule has 0 bridgehead atoms. The molecule has 0 unspecified atom stereocenters. The molecule has 0 aliphatic carbocycles. The van der Waals surface area contributed by atoms with Crippen molar-refractivity contribution in [1.29, 1.82) is 0 Å². The number of aryl methyl sites for hydroxylation is 1. The summed E-state index contributed by atoms with van der Waals surface area (Å²) in [6, 6.07) is 6.01. The fourth-order valence-electron chi connectivity index (χ4n) is 1.86. The number of fused-ring (bicyclic) bond motifs is 3. The maximum Gasteiger partial charge on any atom is 0.189 e. The number of thioether (sulfide) groups is 1. The van der Waals surface area contributed by atoms with Crippen LogP contribution in [0.3, 0.4) is 0 Å². The van der Waals surface area contributed by atoms with Crippen LogP contribution >= 0.6 is 11.8 Å². The third-order valence-corrected chi connectivity index (χ3v) is 3.29. The summed E-state index contributed by atoms with van der Waals surface area (Å²) in [5.41, 5.74) is 9.18. The molecule has 1 aromatic carbocycles. The highest BCUT2D eigenvalue weighted by Gasteiger charge is 2.10. The molecule has 0 saturated heterocycles. The van der Waals surface area contributed by atoms with Gasteiger partial charge in [-0.05, 0) is 24.8 Å². The Morgan fingerprint density at radius 2 is 1.94 bits per heavy atom. The van der Waals surface area contributed by atoms with Crippen molar-refractivity contribution in [2.75, 3.05) is 12.0 Å². The zero-order valence-corrected chi connectivity index (χ0v) is 10.8. The van der Waals surface area contributed by atoms with Crippen molar-refractivity contribution in [2.45, 2.75) is 12.1 Å². The van der Waals surface area contributed by atoms with Gasteiger partial charge in [-0.25, -0.2) is 9.97 Å². The predicted molar refractivity (Wildman–Crippen MR) is 73.6 cm³/mol. The average Bonchev–Trinajstić information content (AvgIpc) is 2.37. The number of hydrogen-bond acceptors (Lipinski definition) is 6. The molecule has 0 fully saturated rings. The van der Waals surface area contributed by atoms with E-state index in [1.807, 2.05) is 31.4 Å². The monoisotopic (exact) mass is 257 g/mol. The summed E-state index contributed by atoms with van der Waals surface area (Å²) in [5, 5.41) is 9.89. The lowest BCUT2D eigenvalue weighted by molar-refractivity contribution is 0.997. The molecular weight excluding hydrogens is 246 g/mol. The number of nitrogens with zero attached hydrogens (tertiary/aromatic N) is 4. The minimum Gasteiger partial charge on any atom is -0.382 e. The van der Waals surface area contributed by atoms with E-state index in [1.165, 1.54) is 11.8 Å².